The summed E-state index contributed by atoms with van der Waals surface area (Å²) in [7, 11) is 4.27. The summed E-state index contributed by atoms with van der Waals surface area (Å²) in [6.07, 6.45) is 14.5. The van der Waals surface area contributed by atoms with Gasteiger partial charge in [-0.05, 0) is 86.5 Å². The maximum Gasteiger partial charge on any atom is 0.189 e. The molecular weight excluding hydrogens is 486 g/mol. The number of rotatable bonds is 1. The number of aliphatic imine (C=N–C) groups is 1. The molecule has 5 bridgehead atoms. The van der Waals surface area contributed by atoms with Gasteiger partial charge in [-0.15, -0.1) is 0 Å². The lowest BCUT2D eigenvalue weighted by atomic mass is 9.48. The second-order valence-corrected chi connectivity index (χ2v) is 15.9. The van der Waals surface area contributed by atoms with Crippen molar-refractivity contribution in [3.05, 3.63) is 11.1 Å². The van der Waals surface area contributed by atoms with Gasteiger partial charge in [-0.3, -0.25) is 9.79 Å². The van der Waals surface area contributed by atoms with Gasteiger partial charge in [0.2, 0.25) is 0 Å². The van der Waals surface area contributed by atoms with Crippen LogP contribution in [0.4, 0.5) is 0 Å². The van der Waals surface area contributed by atoms with Crippen LogP contribution in [0, 0.1) is 28.6 Å². The number of hydrogen-bond donors (Lipinski definition) is 3. The Morgan fingerprint density at radius 1 is 1.14 bits per heavy atom. The van der Waals surface area contributed by atoms with Gasteiger partial charge in [0, 0.05) is 35.5 Å². The van der Waals surface area contributed by atoms with Crippen molar-refractivity contribution in [2.24, 2.45) is 39.3 Å². The van der Waals surface area contributed by atoms with Crippen molar-refractivity contribution in [1.82, 2.24) is 5.32 Å². The number of Topliss-reactive ketones (excluding diaryl/α,β-unsaturated/α-hetero) is 1. The number of hydrogen-bond acceptors (Lipinski definition) is 7. The minimum atomic E-state index is -0.0381. The van der Waals surface area contributed by atoms with Crippen LogP contribution in [0.5, 0.6) is 0 Å². The standard InChI is InChI=1S/C29H45N3O2S2/c1-19-20(18-33)15-21-16-23-22-7-6-8-27(11-13-31-25(30)32-27)28(9-4-3-5-10-28)36-35-14-12-26(21,2)29(19,23)17-24(22)34/h19-21,33H,3-18H2,1-2H3,(H3,30,31,32). The van der Waals surface area contributed by atoms with Crippen molar-refractivity contribution in [2.75, 3.05) is 18.9 Å². The number of aliphatic hydroxyl groups is 1. The summed E-state index contributed by atoms with van der Waals surface area (Å²) < 4.78 is 0.175. The molecule has 0 aromatic carbocycles. The molecule has 0 radical (unpaired) electrons. The van der Waals surface area contributed by atoms with Crippen LogP contribution in [-0.4, -0.2) is 46.0 Å². The van der Waals surface area contributed by atoms with E-state index in [9.17, 15) is 9.90 Å². The molecule has 0 aromatic rings. The van der Waals surface area contributed by atoms with Gasteiger partial charge in [-0.1, -0.05) is 60.3 Å². The molecule has 36 heavy (non-hydrogen) atoms. The summed E-state index contributed by atoms with van der Waals surface area (Å²) in [5.74, 6) is 3.46. The maximum absolute atomic E-state index is 13.7. The highest BCUT2D eigenvalue weighted by atomic mass is 33.1. The van der Waals surface area contributed by atoms with E-state index in [0.717, 1.165) is 50.8 Å². The van der Waals surface area contributed by atoms with E-state index in [-0.39, 0.29) is 27.7 Å². The third kappa shape index (κ3) is 3.46. The Labute approximate surface area is 225 Å². The van der Waals surface area contributed by atoms with Gasteiger partial charge in [0.15, 0.2) is 11.7 Å². The monoisotopic (exact) mass is 531 g/mol. The highest BCUT2D eigenvalue weighted by Crippen LogP contribution is 2.75. The Morgan fingerprint density at radius 3 is 2.69 bits per heavy atom. The first-order chi connectivity index (χ1) is 17.3. The van der Waals surface area contributed by atoms with Crippen molar-refractivity contribution in [3.8, 4) is 0 Å². The quantitative estimate of drug-likeness (QED) is 0.381. The molecule has 4 aliphatic carbocycles. The number of allylic oxidation sites excluding steroid dienone is 2. The molecule has 3 spiro atoms. The van der Waals surface area contributed by atoms with Crippen molar-refractivity contribution >= 4 is 33.3 Å². The first-order valence-corrected chi connectivity index (χ1v) is 16.9. The fourth-order valence-corrected chi connectivity index (χ4v) is 13.9. The Morgan fingerprint density at radius 2 is 1.94 bits per heavy atom. The number of carbonyl (C=O) groups is 1. The van der Waals surface area contributed by atoms with E-state index in [0.29, 0.717) is 35.9 Å². The second kappa shape index (κ2) is 9.22. The summed E-state index contributed by atoms with van der Waals surface area (Å²) >= 11 is 0. The number of fused-ring (bicyclic) bond motifs is 1. The van der Waals surface area contributed by atoms with E-state index in [2.05, 4.69) is 45.7 Å². The Kier molecular flexibility index (Phi) is 6.56. The molecule has 6 rings (SSSR count). The Bertz CT molecular complexity index is 976. The van der Waals surface area contributed by atoms with E-state index in [1.807, 2.05) is 0 Å². The lowest BCUT2D eigenvalue weighted by Gasteiger charge is -2.56. The number of nitrogens with zero attached hydrogens (tertiary/aromatic N) is 1. The number of guanidine groups is 1. The third-order valence-corrected chi connectivity index (χ3v) is 15.4. The lowest BCUT2D eigenvalue weighted by molar-refractivity contribution is -0.123. The molecule has 5 nitrogen and oxygen atoms in total. The minimum absolute atomic E-state index is 0.0323. The summed E-state index contributed by atoms with van der Waals surface area (Å²) in [5.41, 5.74) is 9.14. The van der Waals surface area contributed by atoms with E-state index in [1.165, 1.54) is 49.7 Å². The Balaban J connectivity index is 1.40. The van der Waals surface area contributed by atoms with Gasteiger partial charge >= 0.3 is 0 Å². The zero-order valence-electron chi connectivity index (χ0n) is 22.2. The number of ketones is 1. The fraction of sp³-hybridized carbons (Fsp3) is 0.862. The first kappa shape index (κ1) is 25.6. The van der Waals surface area contributed by atoms with E-state index in [4.69, 9.17) is 5.73 Å². The molecule has 4 N–H and O–H groups in total. The highest BCUT2D eigenvalue weighted by molar-refractivity contribution is 8.77. The van der Waals surface area contributed by atoms with Gasteiger partial charge < -0.3 is 16.2 Å². The molecule has 0 amide bonds. The van der Waals surface area contributed by atoms with Gasteiger partial charge in [0.1, 0.15) is 0 Å². The van der Waals surface area contributed by atoms with Crippen LogP contribution in [0.2, 0.25) is 0 Å². The zero-order chi connectivity index (χ0) is 25.2. The summed E-state index contributed by atoms with van der Waals surface area (Å²) in [6, 6.07) is 0. The molecule has 6 unspecified atom stereocenters. The molecule has 0 saturated heterocycles. The Hall–Kier alpha value is -0.660. The maximum atomic E-state index is 13.7. The summed E-state index contributed by atoms with van der Waals surface area (Å²) in [4.78, 5) is 18.3. The zero-order valence-corrected chi connectivity index (χ0v) is 23.9. The topological polar surface area (TPSA) is 87.7 Å². The van der Waals surface area contributed by atoms with Gasteiger partial charge in [0.25, 0.3) is 0 Å². The van der Waals surface area contributed by atoms with Crippen molar-refractivity contribution < 1.29 is 9.90 Å². The van der Waals surface area contributed by atoms with Crippen LogP contribution in [-0.2, 0) is 4.79 Å². The van der Waals surface area contributed by atoms with E-state index < -0.39 is 0 Å². The molecule has 0 aromatic heterocycles. The van der Waals surface area contributed by atoms with Crippen LogP contribution in [0.15, 0.2) is 16.1 Å². The van der Waals surface area contributed by atoms with E-state index in [1.54, 1.807) is 0 Å². The third-order valence-electron chi connectivity index (χ3n) is 12.0. The van der Waals surface area contributed by atoms with Crippen molar-refractivity contribution in [2.45, 2.75) is 108 Å². The minimum Gasteiger partial charge on any atom is -0.396 e. The van der Waals surface area contributed by atoms with Gasteiger partial charge in [-0.25, -0.2) is 0 Å². The number of nitrogens with two attached hydrogens (primary N) is 1. The van der Waals surface area contributed by atoms with Crippen LogP contribution in [0.25, 0.3) is 0 Å². The molecule has 200 valence electrons. The first-order valence-electron chi connectivity index (χ1n) is 14.6. The molecule has 7 heteroatoms. The summed E-state index contributed by atoms with van der Waals surface area (Å²) in [5, 5.41) is 14.1. The predicted octanol–water partition coefficient (Wildman–Crippen LogP) is 5.62. The average molecular weight is 532 g/mol. The van der Waals surface area contributed by atoms with Crippen LogP contribution < -0.4 is 11.1 Å². The molecule has 3 fully saturated rings. The molecular formula is C29H45N3O2S2. The lowest BCUT2D eigenvalue weighted by Crippen LogP contribution is -2.66. The fourth-order valence-electron chi connectivity index (χ4n) is 10.0. The molecule has 2 heterocycles. The number of nitrogens with one attached hydrogen (secondary N) is 1. The van der Waals surface area contributed by atoms with Crippen LogP contribution in [0.1, 0.15) is 97.3 Å². The van der Waals surface area contributed by atoms with Crippen molar-refractivity contribution in [1.29, 1.82) is 0 Å². The van der Waals surface area contributed by atoms with Gasteiger partial charge in [-0.2, -0.15) is 0 Å². The highest BCUT2D eigenvalue weighted by Gasteiger charge is 2.69. The molecule has 2 aliphatic heterocycles. The van der Waals surface area contributed by atoms with Gasteiger partial charge in [0.05, 0.1) is 5.54 Å². The number of aliphatic hydroxyl groups excluding tert-OH is 1. The largest absolute Gasteiger partial charge is 0.396 e. The number of carbonyl (C=O) groups excluding carboxylic acids is 1. The average Bonchev–Trinajstić information content (AvgIpc) is 3.22. The molecule has 6 atom stereocenters. The summed E-state index contributed by atoms with van der Waals surface area (Å²) in [6.45, 7) is 5.95. The van der Waals surface area contributed by atoms with Crippen molar-refractivity contribution in [3.63, 3.8) is 0 Å². The second-order valence-electron chi connectivity index (χ2n) is 13.1. The molecule has 6 aliphatic rings. The van der Waals surface area contributed by atoms with Crippen LogP contribution in [0.3, 0.4) is 0 Å². The van der Waals surface area contributed by atoms with E-state index >= 15 is 0 Å². The molecule has 3 saturated carbocycles. The predicted molar refractivity (Wildman–Crippen MR) is 151 cm³/mol. The normalized spacial score (nSPS) is 44.6. The smallest absolute Gasteiger partial charge is 0.189 e. The van der Waals surface area contributed by atoms with Crippen LogP contribution >= 0.6 is 21.6 Å². The SMILES string of the molecule is CC1C(CO)CC2CC3=C4CCCC5(CCN=C(N)N5)C5(CCCCC5)SSCCC2(C)C31CC4=O.